The minimum Gasteiger partial charge on any atom is -0.345 e. The van der Waals surface area contributed by atoms with Crippen LogP contribution in [0.5, 0.6) is 0 Å². The first-order valence-corrected chi connectivity index (χ1v) is 16.4. The fourth-order valence-electron chi connectivity index (χ4n) is 6.46. The normalized spacial score (nSPS) is 19.4. The van der Waals surface area contributed by atoms with E-state index in [2.05, 4.69) is 47.9 Å². The smallest absolute Gasteiger partial charge is 0.226 e. The van der Waals surface area contributed by atoms with Crippen LogP contribution in [0.4, 0.5) is 0 Å². The van der Waals surface area contributed by atoms with Crippen LogP contribution in [0, 0.1) is 11.8 Å². The highest BCUT2D eigenvalue weighted by atomic mass is 79.9. The largest absolute Gasteiger partial charge is 0.345 e. The third-order valence-electron chi connectivity index (χ3n) is 8.99. The molecule has 1 aromatic rings. The number of amides is 2. The van der Waals surface area contributed by atoms with Crippen molar-refractivity contribution in [1.82, 2.24) is 19.6 Å². The van der Waals surface area contributed by atoms with Crippen molar-refractivity contribution in [2.24, 2.45) is 11.8 Å². The van der Waals surface area contributed by atoms with Gasteiger partial charge >= 0.3 is 0 Å². The monoisotopic (exact) mass is 714 g/mol. The minimum atomic E-state index is 0. The van der Waals surface area contributed by atoms with Crippen molar-refractivity contribution in [3.8, 4) is 0 Å². The summed E-state index contributed by atoms with van der Waals surface area (Å²) in [5.74, 6) is 0.929. The second kappa shape index (κ2) is 21.7. The van der Waals surface area contributed by atoms with E-state index < -0.39 is 0 Å². The van der Waals surface area contributed by atoms with Gasteiger partial charge in [0.2, 0.25) is 11.8 Å². The van der Waals surface area contributed by atoms with E-state index >= 15 is 0 Å². The molecule has 2 aliphatic heterocycles. The Labute approximate surface area is 278 Å². The summed E-state index contributed by atoms with van der Waals surface area (Å²) in [4.78, 5) is 35.0. The van der Waals surface area contributed by atoms with Gasteiger partial charge in [-0.1, -0.05) is 76.6 Å². The van der Waals surface area contributed by atoms with Crippen LogP contribution < -0.4 is 0 Å². The molecule has 0 bridgehead atoms. The first-order valence-electron chi connectivity index (χ1n) is 16.4. The molecule has 0 N–H and O–H groups in total. The van der Waals surface area contributed by atoms with Gasteiger partial charge in [-0.25, -0.2) is 0 Å². The molecule has 2 aliphatic rings. The molecule has 2 unspecified atom stereocenters. The predicted octanol–water partition coefficient (Wildman–Crippen LogP) is 7.34. The molecule has 0 aliphatic carbocycles. The molecule has 2 fully saturated rings. The van der Waals surface area contributed by atoms with Gasteiger partial charge in [0.1, 0.15) is 0 Å². The summed E-state index contributed by atoms with van der Waals surface area (Å²) in [5.41, 5.74) is 2.64. The van der Waals surface area contributed by atoms with Crippen molar-refractivity contribution in [1.29, 1.82) is 0 Å². The highest BCUT2D eigenvalue weighted by Crippen LogP contribution is 2.23. The van der Waals surface area contributed by atoms with E-state index in [1.807, 2.05) is 23.9 Å². The van der Waals surface area contributed by atoms with Crippen molar-refractivity contribution in [2.75, 3.05) is 53.4 Å². The number of unbranched alkanes of at least 4 members (excludes halogenated alkanes) is 6. The molecule has 242 valence electrons. The van der Waals surface area contributed by atoms with Gasteiger partial charge in [-0.05, 0) is 62.7 Å². The number of rotatable bonds is 16. The van der Waals surface area contributed by atoms with Gasteiger partial charge in [-0.2, -0.15) is 0 Å². The van der Waals surface area contributed by atoms with Crippen LogP contribution in [-0.4, -0.2) is 84.8 Å². The van der Waals surface area contributed by atoms with Crippen LogP contribution in [0.1, 0.15) is 102 Å². The fraction of sp³-hybridized carbons (Fsp3) is 0.765. The minimum absolute atomic E-state index is 0. The van der Waals surface area contributed by atoms with Gasteiger partial charge in [0.05, 0.1) is 11.8 Å². The van der Waals surface area contributed by atoms with Crippen LogP contribution in [0.3, 0.4) is 0 Å². The fourth-order valence-corrected chi connectivity index (χ4v) is 6.46. The zero-order chi connectivity index (χ0) is 28.7. The molecule has 2 heterocycles. The third kappa shape index (κ3) is 13.4. The Balaban J connectivity index is 0.00000441. The van der Waals surface area contributed by atoms with Crippen molar-refractivity contribution in [3.05, 3.63) is 35.4 Å². The molecular weight excluding hydrogens is 656 g/mol. The topological polar surface area (TPSA) is 47.1 Å². The summed E-state index contributed by atoms with van der Waals surface area (Å²) >= 11 is 0. The Morgan fingerprint density at radius 3 is 1.40 bits per heavy atom. The van der Waals surface area contributed by atoms with Crippen molar-refractivity contribution >= 4 is 45.8 Å². The Morgan fingerprint density at radius 2 is 1.05 bits per heavy atom. The maximum Gasteiger partial charge on any atom is 0.226 e. The van der Waals surface area contributed by atoms with E-state index in [9.17, 15) is 9.59 Å². The van der Waals surface area contributed by atoms with E-state index in [4.69, 9.17) is 0 Å². The lowest BCUT2D eigenvalue weighted by molar-refractivity contribution is -0.136. The number of carbonyl (C=O) groups excluding carboxylic acids is 2. The number of piperidine rings is 2. The summed E-state index contributed by atoms with van der Waals surface area (Å²) < 4.78 is 0. The first-order chi connectivity index (χ1) is 19.4. The lowest BCUT2D eigenvalue weighted by atomic mass is 9.95. The van der Waals surface area contributed by atoms with E-state index in [0.717, 1.165) is 90.9 Å². The van der Waals surface area contributed by atoms with Crippen LogP contribution in [0.25, 0.3) is 0 Å². The predicted molar refractivity (Wildman–Crippen MR) is 187 cm³/mol. The molecule has 2 saturated heterocycles. The number of hydrogen-bond donors (Lipinski definition) is 0. The highest BCUT2D eigenvalue weighted by Gasteiger charge is 2.29. The number of halogens is 2. The number of likely N-dealkylation sites (tertiary alicyclic amines) is 2. The molecule has 8 heteroatoms. The SMILES string of the molecule is Br.Br.CCCCCCN(C)C(=O)C1CCCN(Cc2ccc(CN3CCCC(C(=O)N(C)CCCCCC)C3)cc2)C1. The molecule has 0 spiro atoms. The van der Waals surface area contributed by atoms with Crippen molar-refractivity contribution in [3.63, 3.8) is 0 Å². The molecule has 1 aromatic carbocycles. The summed E-state index contributed by atoms with van der Waals surface area (Å²) in [6.07, 6.45) is 13.9. The average Bonchev–Trinajstić information content (AvgIpc) is 2.98. The van der Waals surface area contributed by atoms with E-state index in [0.29, 0.717) is 11.8 Å². The lowest BCUT2D eigenvalue weighted by Gasteiger charge is -2.34. The van der Waals surface area contributed by atoms with Gasteiger partial charge in [0.15, 0.2) is 0 Å². The van der Waals surface area contributed by atoms with Crippen LogP contribution in [0.15, 0.2) is 24.3 Å². The Morgan fingerprint density at radius 1 is 0.667 bits per heavy atom. The summed E-state index contributed by atoms with van der Waals surface area (Å²) in [6, 6.07) is 9.04. The van der Waals surface area contributed by atoms with Crippen molar-refractivity contribution < 1.29 is 9.59 Å². The summed E-state index contributed by atoms with van der Waals surface area (Å²) in [6.45, 7) is 11.9. The Bertz CT molecular complexity index is 814. The maximum atomic E-state index is 13.0. The van der Waals surface area contributed by atoms with Crippen LogP contribution >= 0.6 is 34.0 Å². The Kier molecular flexibility index (Phi) is 20.2. The quantitative estimate of drug-likeness (QED) is 0.168. The first kappa shape index (κ1) is 39.1. The molecule has 2 atom stereocenters. The second-order valence-corrected chi connectivity index (χ2v) is 12.6. The number of nitrogens with zero attached hydrogens (tertiary/aromatic N) is 4. The molecule has 42 heavy (non-hydrogen) atoms. The molecule has 0 radical (unpaired) electrons. The summed E-state index contributed by atoms with van der Waals surface area (Å²) in [7, 11) is 3.97. The lowest BCUT2D eigenvalue weighted by Crippen LogP contribution is -2.43. The summed E-state index contributed by atoms with van der Waals surface area (Å²) in [5, 5.41) is 0. The van der Waals surface area contributed by atoms with Gasteiger partial charge in [-0.15, -0.1) is 34.0 Å². The number of carbonyl (C=O) groups is 2. The Hall–Kier alpha value is -0.960. The van der Waals surface area contributed by atoms with Crippen LogP contribution in [0.2, 0.25) is 0 Å². The van der Waals surface area contributed by atoms with Gasteiger partial charge in [0, 0.05) is 53.4 Å². The van der Waals surface area contributed by atoms with E-state index in [1.54, 1.807) is 0 Å². The number of hydrogen-bond acceptors (Lipinski definition) is 4. The molecule has 3 rings (SSSR count). The number of benzene rings is 1. The zero-order valence-corrected chi connectivity index (χ0v) is 30.5. The molecule has 2 amide bonds. The van der Waals surface area contributed by atoms with Gasteiger partial charge in [-0.3, -0.25) is 19.4 Å². The van der Waals surface area contributed by atoms with Gasteiger partial charge < -0.3 is 9.80 Å². The molecular formula is C34H60Br2N4O2. The maximum absolute atomic E-state index is 13.0. The average molecular weight is 717 g/mol. The zero-order valence-electron chi connectivity index (χ0n) is 27.0. The second-order valence-electron chi connectivity index (χ2n) is 12.6. The van der Waals surface area contributed by atoms with Gasteiger partial charge in [0.25, 0.3) is 0 Å². The standard InChI is InChI=1S/C34H58N4O2.2BrH/c1-5-7-9-11-21-35(3)33(39)31-15-13-23-37(27-31)25-29-17-19-30(20-18-29)26-38-24-14-16-32(28-38)34(40)36(4)22-12-10-8-6-2;;/h17-20,31-32H,5-16,21-28H2,1-4H3;2*1H. The van der Waals surface area contributed by atoms with E-state index in [-0.39, 0.29) is 45.8 Å². The highest BCUT2D eigenvalue weighted by molar-refractivity contribution is 8.93. The molecule has 0 aromatic heterocycles. The van der Waals surface area contributed by atoms with E-state index in [1.165, 1.54) is 49.7 Å². The van der Waals surface area contributed by atoms with Crippen LogP contribution in [-0.2, 0) is 22.7 Å². The molecule has 6 nitrogen and oxygen atoms in total. The third-order valence-corrected chi connectivity index (χ3v) is 8.99. The molecule has 0 saturated carbocycles. The van der Waals surface area contributed by atoms with Crippen molar-refractivity contribution in [2.45, 2.75) is 104 Å².